The molecule has 1 heterocycles. The fourth-order valence-corrected chi connectivity index (χ4v) is 2.44. The number of carbonyl (C=O) groups excluding carboxylic acids is 1. The molecule has 4 heteroatoms. The van der Waals surface area contributed by atoms with Gasteiger partial charge in [-0.05, 0) is 42.6 Å². The van der Waals surface area contributed by atoms with Crippen LogP contribution < -0.4 is 11.1 Å². The van der Waals surface area contributed by atoms with Gasteiger partial charge in [-0.1, -0.05) is 15.9 Å². The Balaban J connectivity index is 2.45. The summed E-state index contributed by atoms with van der Waals surface area (Å²) in [6, 6.07) is 4.09. The predicted molar refractivity (Wildman–Crippen MR) is 63.9 cm³/mol. The lowest BCUT2D eigenvalue weighted by molar-refractivity contribution is -0.116. The molecule has 1 aromatic carbocycles. The second-order valence-electron chi connectivity index (χ2n) is 3.69. The Morgan fingerprint density at radius 3 is 2.93 bits per heavy atom. The summed E-state index contributed by atoms with van der Waals surface area (Å²) in [5.74, 6) is 0.100. The zero-order valence-electron chi connectivity index (χ0n) is 8.35. The fraction of sp³-hybridized carbons (Fsp3) is 0.364. The van der Waals surface area contributed by atoms with E-state index >= 15 is 0 Å². The first kappa shape index (κ1) is 10.6. The highest BCUT2D eigenvalue weighted by Crippen LogP contribution is 2.30. The van der Waals surface area contributed by atoms with Gasteiger partial charge in [-0.3, -0.25) is 4.79 Å². The van der Waals surface area contributed by atoms with E-state index < -0.39 is 0 Å². The van der Waals surface area contributed by atoms with Gasteiger partial charge in [0.2, 0.25) is 5.91 Å². The van der Waals surface area contributed by atoms with Crippen molar-refractivity contribution in [2.45, 2.75) is 19.3 Å². The maximum Gasteiger partial charge on any atom is 0.224 e. The van der Waals surface area contributed by atoms with Crippen LogP contribution >= 0.6 is 15.9 Å². The predicted octanol–water partition coefficient (Wildman–Crippen LogP) is 1.83. The molecule has 3 nitrogen and oxygen atoms in total. The van der Waals surface area contributed by atoms with Gasteiger partial charge in [0.05, 0.1) is 0 Å². The van der Waals surface area contributed by atoms with Crippen LogP contribution in [0.1, 0.15) is 17.5 Å². The summed E-state index contributed by atoms with van der Waals surface area (Å²) in [6.07, 6.45) is 2.19. The van der Waals surface area contributed by atoms with Crippen LogP contribution in [0.15, 0.2) is 16.6 Å². The zero-order chi connectivity index (χ0) is 10.8. The normalized spacial score (nSPS) is 14.7. The van der Waals surface area contributed by atoms with Crippen molar-refractivity contribution in [3.05, 3.63) is 27.7 Å². The molecular weight excluding hydrogens is 256 g/mol. The van der Waals surface area contributed by atoms with Crippen molar-refractivity contribution in [1.82, 2.24) is 0 Å². The number of rotatable bonds is 2. The quantitative estimate of drug-likeness (QED) is 0.860. The molecular formula is C11H13BrN2O. The van der Waals surface area contributed by atoms with Gasteiger partial charge in [0.15, 0.2) is 0 Å². The second kappa shape index (κ2) is 4.33. The van der Waals surface area contributed by atoms with Crippen LogP contribution in [0.3, 0.4) is 0 Å². The van der Waals surface area contributed by atoms with E-state index in [2.05, 4.69) is 27.3 Å². The Labute approximate surface area is 97.2 Å². The molecule has 1 aliphatic rings. The average Bonchev–Trinajstić information content (AvgIpc) is 2.19. The van der Waals surface area contributed by atoms with E-state index in [4.69, 9.17) is 5.73 Å². The molecule has 80 valence electrons. The van der Waals surface area contributed by atoms with Crippen molar-refractivity contribution in [1.29, 1.82) is 0 Å². The smallest absolute Gasteiger partial charge is 0.224 e. The number of aryl methyl sites for hydroxylation is 1. The van der Waals surface area contributed by atoms with Crippen molar-refractivity contribution in [3.8, 4) is 0 Å². The third kappa shape index (κ3) is 2.21. The van der Waals surface area contributed by atoms with Gasteiger partial charge in [-0.15, -0.1) is 0 Å². The van der Waals surface area contributed by atoms with Crippen molar-refractivity contribution in [2.75, 3.05) is 11.9 Å². The van der Waals surface area contributed by atoms with Crippen molar-refractivity contribution in [2.24, 2.45) is 5.73 Å². The molecule has 0 saturated carbocycles. The molecule has 15 heavy (non-hydrogen) atoms. The van der Waals surface area contributed by atoms with Crippen LogP contribution in [0.25, 0.3) is 0 Å². The molecule has 2 rings (SSSR count). The molecule has 0 aromatic heterocycles. The SMILES string of the molecule is NCCc1cc(Br)cc2c1NC(=O)CC2. The second-order valence-corrected chi connectivity index (χ2v) is 4.60. The van der Waals surface area contributed by atoms with Gasteiger partial charge in [0.1, 0.15) is 0 Å². The number of carbonyl (C=O) groups is 1. The number of anilines is 1. The minimum Gasteiger partial charge on any atom is -0.330 e. The highest BCUT2D eigenvalue weighted by molar-refractivity contribution is 9.10. The fourth-order valence-electron chi connectivity index (χ4n) is 1.89. The number of benzene rings is 1. The maximum absolute atomic E-state index is 11.3. The molecule has 1 aromatic rings. The standard InChI is InChI=1S/C11H13BrN2O/c12-9-5-7-1-2-10(15)14-11(7)8(6-9)3-4-13/h5-6H,1-4,13H2,(H,14,15). The third-order valence-corrected chi connectivity index (χ3v) is 3.02. The van der Waals surface area contributed by atoms with E-state index in [1.807, 2.05) is 6.07 Å². The summed E-state index contributed by atoms with van der Waals surface area (Å²) in [4.78, 5) is 11.3. The Bertz CT molecular complexity index is 404. The van der Waals surface area contributed by atoms with Crippen LogP contribution in [-0.4, -0.2) is 12.5 Å². The highest BCUT2D eigenvalue weighted by atomic mass is 79.9. The summed E-state index contributed by atoms with van der Waals surface area (Å²) in [5.41, 5.74) is 8.84. The van der Waals surface area contributed by atoms with E-state index in [9.17, 15) is 4.79 Å². The monoisotopic (exact) mass is 268 g/mol. The first-order chi connectivity index (χ1) is 7.20. The topological polar surface area (TPSA) is 55.1 Å². The van der Waals surface area contributed by atoms with Crippen LogP contribution in [-0.2, 0) is 17.6 Å². The number of amides is 1. The van der Waals surface area contributed by atoms with Crippen molar-refractivity contribution < 1.29 is 4.79 Å². The third-order valence-electron chi connectivity index (χ3n) is 2.57. The molecule has 0 aliphatic carbocycles. The molecule has 0 atom stereocenters. The van der Waals surface area contributed by atoms with Crippen LogP contribution in [0.4, 0.5) is 5.69 Å². The van der Waals surface area contributed by atoms with E-state index in [0.29, 0.717) is 13.0 Å². The first-order valence-corrected chi connectivity index (χ1v) is 5.81. The van der Waals surface area contributed by atoms with Crippen LogP contribution in [0.5, 0.6) is 0 Å². The number of nitrogens with two attached hydrogens (primary N) is 1. The summed E-state index contributed by atoms with van der Waals surface area (Å²) >= 11 is 3.47. The lowest BCUT2D eigenvalue weighted by atomic mass is 9.97. The summed E-state index contributed by atoms with van der Waals surface area (Å²) in [6.45, 7) is 0.596. The van der Waals surface area contributed by atoms with Crippen molar-refractivity contribution >= 4 is 27.5 Å². The summed E-state index contributed by atoms with van der Waals surface area (Å²) in [5, 5.41) is 2.93. The lowest BCUT2D eigenvalue weighted by Crippen LogP contribution is -2.21. The maximum atomic E-state index is 11.3. The molecule has 1 aliphatic heterocycles. The van der Waals surface area contributed by atoms with E-state index in [-0.39, 0.29) is 5.91 Å². The van der Waals surface area contributed by atoms with Gasteiger partial charge in [0, 0.05) is 16.6 Å². The number of halogens is 1. The number of hydrogen-bond acceptors (Lipinski definition) is 2. The van der Waals surface area contributed by atoms with E-state index in [0.717, 1.165) is 28.6 Å². The van der Waals surface area contributed by atoms with Gasteiger partial charge >= 0.3 is 0 Å². The Hall–Kier alpha value is -0.870. The molecule has 3 N–H and O–H groups in total. The number of hydrogen-bond donors (Lipinski definition) is 2. The largest absolute Gasteiger partial charge is 0.330 e. The van der Waals surface area contributed by atoms with Crippen molar-refractivity contribution in [3.63, 3.8) is 0 Å². The minimum absolute atomic E-state index is 0.100. The zero-order valence-corrected chi connectivity index (χ0v) is 9.93. The van der Waals surface area contributed by atoms with Crippen LogP contribution in [0, 0.1) is 0 Å². The first-order valence-electron chi connectivity index (χ1n) is 5.02. The highest BCUT2D eigenvalue weighted by Gasteiger charge is 2.18. The van der Waals surface area contributed by atoms with Gasteiger partial charge in [-0.2, -0.15) is 0 Å². The molecule has 0 unspecified atom stereocenters. The number of fused-ring (bicyclic) bond motifs is 1. The Morgan fingerprint density at radius 1 is 1.40 bits per heavy atom. The summed E-state index contributed by atoms with van der Waals surface area (Å²) < 4.78 is 1.06. The van der Waals surface area contributed by atoms with E-state index in [1.54, 1.807) is 0 Å². The molecule has 1 amide bonds. The molecule has 0 radical (unpaired) electrons. The Kier molecular flexibility index (Phi) is 3.07. The molecule has 0 bridgehead atoms. The molecule has 0 spiro atoms. The Morgan fingerprint density at radius 2 is 2.20 bits per heavy atom. The van der Waals surface area contributed by atoms with Gasteiger partial charge in [0.25, 0.3) is 0 Å². The van der Waals surface area contributed by atoms with Gasteiger partial charge < -0.3 is 11.1 Å². The lowest BCUT2D eigenvalue weighted by Gasteiger charge is -2.20. The minimum atomic E-state index is 0.100. The number of nitrogens with one attached hydrogen (secondary N) is 1. The summed E-state index contributed by atoms with van der Waals surface area (Å²) in [7, 11) is 0. The van der Waals surface area contributed by atoms with Crippen LogP contribution in [0.2, 0.25) is 0 Å². The van der Waals surface area contributed by atoms with Gasteiger partial charge in [-0.25, -0.2) is 0 Å². The average molecular weight is 269 g/mol. The van der Waals surface area contributed by atoms with E-state index in [1.165, 1.54) is 5.56 Å². The molecule has 0 fully saturated rings. The molecule has 0 saturated heterocycles.